The summed E-state index contributed by atoms with van der Waals surface area (Å²) in [5, 5.41) is 2.94. The highest BCUT2D eigenvalue weighted by molar-refractivity contribution is 7.92. The van der Waals surface area contributed by atoms with Crippen LogP contribution in [0.2, 0.25) is 0 Å². The minimum absolute atomic E-state index is 0.218. The van der Waals surface area contributed by atoms with E-state index in [0.29, 0.717) is 17.8 Å². The zero-order chi connectivity index (χ0) is 24.1. The molecule has 0 aliphatic heterocycles. The van der Waals surface area contributed by atoms with Crippen molar-refractivity contribution in [3.63, 3.8) is 0 Å². The molecule has 0 fully saturated rings. The summed E-state index contributed by atoms with van der Waals surface area (Å²) in [6.45, 7) is 2.55. The maximum Gasteiger partial charge on any atom is 0.251 e. The van der Waals surface area contributed by atoms with Crippen molar-refractivity contribution < 1.29 is 13.2 Å². The van der Waals surface area contributed by atoms with Crippen molar-refractivity contribution in [2.45, 2.75) is 20.0 Å². The third-order valence-electron chi connectivity index (χ3n) is 5.48. The van der Waals surface area contributed by atoms with Gasteiger partial charge >= 0.3 is 0 Å². The number of carbonyl (C=O) groups is 1. The Labute approximate surface area is 199 Å². The van der Waals surface area contributed by atoms with Crippen molar-refractivity contribution in [2.24, 2.45) is 0 Å². The molecular weight excluding hydrogens is 448 g/mol. The molecule has 1 aromatic heterocycles. The lowest BCUT2D eigenvalue weighted by Gasteiger charge is -2.23. The van der Waals surface area contributed by atoms with Crippen LogP contribution in [-0.2, 0) is 23.1 Å². The lowest BCUT2D eigenvalue weighted by Crippen LogP contribution is -2.29. The van der Waals surface area contributed by atoms with Gasteiger partial charge in [0.15, 0.2) is 0 Å². The highest BCUT2D eigenvalue weighted by Gasteiger charge is 2.18. The van der Waals surface area contributed by atoms with Crippen LogP contribution in [0.15, 0.2) is 91.5 Å². The average molecular weight is 475 g/mol. The van der Waals surface area contributed by atoms with E-state index >= 15 is 0 Å². The standard InChI is InChI=1S/C26H26N4O3S/c1-20-7-9-21(10-8-20)18-30(34(2,32)33)24-13-11-22(12-14-24)26(31)28-17-23-5-3-4-6-25(23)29-16-15-27-19-29/h3-16,19H,17-18H2,1-2H3,(H,28,31). The summed E-state index contributed by atoms with van der Waals surface area (Å²) in [7, 11) is -3.51. The van der Waals surface area contributed by atoms with Crippen LogP contribution in [0.1, 0.15) is 27.0 Å². The minimum Gasteiger partial charge on any atom is -0.348 e. The monoisotopic (exact) mass is 474 g/mol. The highest BCUT2D eigenvalue weighted by Crippen LogP contribution is 2.22. The molecule has 4 aromatic rings. The fourth-order valence-electron chi connectivity index (χ4n) is 3.63. The summed E-state index contributed by atoms with van der Waals surface area (Å²) < 4.78 is 28.1. The van der Waals surface area contributed by atoms with Crippen molar-refractivity contribution in [2.75, 3.05) is 10.6 Å². The Morgan fingerprint density at radius 1 is 1.00 bits per heavy atom. The van der Waals surface area contributed by atoms with Crippen molar-refractivity contribution in [1.29, 1.82) is 0 Å². The Hall–Kier alpha value is -3.91. The molecule has 1 heterocycles. The van der Waals surface area contributed by atoms with E-state index in [0.717, 1.165) is 22.4 Å². The molecule has 0 radical (unpaired) electrons. The summed E-state index contributed by atoms with van der Waals surface area (Å²) in [5.41, 5.74) is 4.84. The predicted molar refractivity (Wildman–Crippen MR) is 133 cm³/mol. The average Bonchev–Trinajstić information content (AvgIpc) is 3.37. The number of nitrogens with zero attached hydrogens (tertiary/aromatic N) is 3. The Kier molecular flexibility index (Phi) is 6.79. The van der Waals surface area contributed by atoms with E-state index in [1.54, 1.807) is 36.8 Å². The number of hydrogen-bond donors (Lipinski definition) is 1. The second kappa shape index (κ2) is 9.93. The summed E-state index contributed by atoms with van der Waals surface area (Å²) in [4.78, 5) is 16.8. The van der Waals surface area contributed by atoms with E-state index in [9.17, 15) is 13.2 Å². The highest BCUT2D eigenvalue weighted by atomic mass is 32.2. The molecule has 0 bridgehead atoms. The van der Waals surface area contributed by atoms with E-state index in [4.69, 9.17) is 0 Å². The number of carbonyl (C=O) groups excluding carboxylic acids is 1. The summed E-state index contributed by atoms with van der Waals surface area (Å²) >= 11 is 0. The van der Waals surface area contributed by atoms with Gasteiger partial charge in [-0.2, -0.15) is 0 Å². The molecule has 1 amide bonds. The largest absolute Gasteiger partial charge is 0.348 e. The molecule has 0 aliphatic carbocycles. The molecule has 0 spiro atoms. The van der Waals surface area contributed by atoms with Gasteiger partial charge in [-0.25, -0.2) is 13.4 Å². The summed E-state index contributed by atoms with van der Waals surface area (Å²) in [5.74, 6) is -0.239. The maximum atomic E-state index is 12.8. The molecule has 4 rings (SSSR count). The Morgan fingerprint density at radius 2 is 1.71 bits per heavy atom. The lowest BCUT2D eigenvalue weighted by atomic mass is 10.1. The van der Waals surface area contributed by atoms with Crippen LogP contribution in [-0.4, -0.2) is 30.1 Å². The molecule has 0 aliphatic rings. The first-order valence-corrected chi connectivity index (χ1v) is 12.6. The maximum absolute atomic E-state index is 12.8. The van der Waals surface area contributed by atoms with E-state index in [2.05, 4.69) is 10.3 Å². The number of para-hydroxylation sites is 1. The zero-order valence-corrected chi connectivity index (χ0v) is 19.9. The van der Waals surface area contributed by atoms with Crippen LogP contribution < -0.4 is 9.62 Å². The van der Waals surface area contributed by atoms with Gasteiger partial charge in [0.05, 0.1) is 30.5 Å². The molecular formula is C26H26N4O3S. The number of hydrogen-bond acceptors (Lipinski definition) is 4. The fourth-order valence-corrected chi connectivity index (χ4v) is 4.52. The van der Waals surface area contributed by atoms with Crippen LogP contribution in [0, 0.1) is 6.92 Å². The van der Waals surface area contributed by atoms with Gasteiger partial charge in [0.1, 0.15) is 0 Å². The van der Waals surface area contributed by atoms with Crippen molar-refractivity contribution in [3.05, 3.63) is 114 Å². The van der Waals surface area contributed by atoms with E-state index in [1.807, 2.05) is 66.2 Å². The smallest absolute Gasteiger partial charge is 0.251 e. The van der Waals surface area contributed by atoms with E-state index in [-0.39, 0.29) is 12.5 Å². The first kappa shape index (κ1) is 23.3. The van der Waals surface area contributed by atoms with E-state index < -0.39 is 10.0 Å². The minimum atomic E-state index is -3.51. The Morgan fingerprint density at radius 3 is 2.35 bits per heavy atom. The van der Waals surface area contributed by atoms with Gasteiger partial charge in [0.25, 0.3) is 5.91 Å². The fraction of sp³-hybridized carbons (Fsp3) is 0.154. The molecule has 174 valence electrons. The molecule has 0 saturated heterocycles. The molecule has 0 saturated carbocycles. The third kappa shape index (κ3) is 5.52. The molecule has 3 aromatic carbocycles. The molecule has 7 nitrogen and oxygen atoms in total. The number of aromatic nitrogens is 2. The molecule has 8 heteroatoms. The van der Waals surface area contributed by atoms with Gasteiger partial charge in [0.2, 0.25) is 10.0 Å². The number of anilines is 1. The number of imidazole rings is 1. The number of benzene rings is 3. The quantitative estimate of drug-likeness (QED) is 0.417. The number of rotatable bonds is 8. The van der Waals surface area contributed by atoms with Crippen LogP contribution in [0.4, 0.5) is 5.69 Å². The molecule has 34 heavy (non-hydrogen) atoms. The zero-order valence-electron chi connectivity index (χ0n) is 19.0. The first-order chi connectivity index (χ1) is 16.3. The molecule has 0 atom stereocenters. The predicted octanol–water partition coefficient (Wildman–Crippen LogP) is 4.08. The molecule has 1 N–H and O–H groups in total. The van der Waals surface area contributed by atoms with Gasteiger partial charge < -0.3 is 9.88 Å². The van der Waals surface area contributed by atoms with Crippen molar-refractivity contribution >= 4 is 21.6 Å². The Bertz CT molecular complexity index is 1360. The molecule has 0 unspecified atom stereocenters. The van der Waals surface area contributed by atoms with Crippen LogP contribution in [0.5, 0.6) is 0 Å². The van der Waals surface area contributed by atoms with Crippen LogP contribution >= 0.6 is 0 Å². The normalized spacial score (nSPS) is 11.2. The second-order valence-electron chi connectivity index (χ2n) is 8.08. The SMILES string of the molecule is Cc1ccc(CN(c2ccc(C(=O)NCc3ccccc3-n3ccnc3)cc2)S(C)(=O)=O)cc1. The number of sulfonamides is 1. The first-order valence-electron chi connectivity index (χ1n) is 10.8. The van der Waals surface area contributed by atoms with Gasteiger partial charge in [0, 0.05) is 24.5 Å². The van der Waals surface area contributed by atoms with Gasteiger partial charge in [-0.15, -0.1) is 0 Å². The van der Waals surface area contributed by atoms with Crippen LogP contribution in [0.3, 0.4) is 0 Å². The second-order valence-corrected chi connectivity index (χ2v) is 9.99. The summed E-state index contributed by atoms with van der Waals surface area (Å²) in [6, 6.07) is 22.1. The summed E-state index contributed by atoms with van der Waals surface area (Å²) in [6.07, 6.45) is 6.45. The van der Waals surface area contributed by atoms with Gasteiger partial charge in [-0.05, 0) is 48.4 Å². The van der Waals surface area contributed by atoms with Crippen molar-refractivity contribution in [1.82, 2.24) is 14.9 Å². The topological polar surface area (TPSA) is 84.3 Å². The van der Waals surface area contributed by atoms with Gasteiger partial charge in [-0.3, -0.25) is 9.10 Å². The Balaban J connectivity index is 1.47. The number of nitrogens with one attached hydrogen (secondary N) is 1. The van der Waals surface area contributed by atoms with Gasteiger partial charge in [-0.1, -0.05) is 48.0 Å². The lowest BCUT2D eigenvalue weighted by molar-refractivity contribution is 0.0951. The van der Waals surface area contributed by atoms with Crippen LogP contribution in [0.25, 0.3) is 5.69 Å². The third-order valence-corrected chi connectivity index (χ3v) is 6.62. The number of aryl methyl sites for hydroxylation is 1. The number of amides is 1. The van der Waals surface area contributed by atoms with E-state index in [1.165, 1.54) is 10.6 Å². The van der Waals surface area contributed by atoms with Crippen molar-refractivity contribution in [3.8, 4) is 5.69 Å².